The van der Waals surface area contributed by atoms with E-state index in [4.69, 9.17) is 16.3 Å². The van der Waals surface area contributed by atoms with Gasteiger partial charge in [0.15, 0.2) is 0 Å². The first kappa shape index (κ1) is 14.4. The molecule has 0 spiro atoms. The number of aliphatic hydroxyl groups is 1. The summed E-state index contributed by atoms with van der Waals surface area (Å²) in [6.07, 6.45) is 1.56. The zero-order valence-corrected chi connectivity index (χ0v) is 13.2. The summed E-state index contributed by atoms with van der Waals surface area (Å²) in [4.78, 5) is 0. The first-order chi connectivity index (χ1) is 9.93. The molecule has 1 unspecified atom stereocenters. The molecule has 1 atom stereocenters. The number of hydrogen-bond acceptors (Lipinski definition) is 3. The van der Waals surface area contributed by atoms with Crippen LogP contribution in [0.5, 0.6) is 5.75 Å². The van der Waals surface area contributed by atoms with Crippen LogP contribution in [0, 0.1) is 0 Å². The Kier molecular flexibility index (Phi) is 3.46. The van der Waals surface area contributed by atoms with Crippen molar-refractivity contribution in [2.75, 3.05) is 0 Å². The van der Waals surface area contributed by atoms with Crippen molar-refractivity contribution in [2.24, 2.45) is 0 Å². The summed E-state index contributed by atoms with van der Waals surface area (Å²) >= 11 is 6.19. The van der Waals surface area contributed by atoms with Crippen LogP contribution >= 0.6 is 11.6 Å². The average Bonchev–Trinajstić information content (AvgIpc) is 2.95. The minimum absolute atomic E-state index is 0.243. The lowest BCUT2D eigenvalue weighted by Crippen LogP contribution is -2.25. The highest BCUT2D eigenvalue weighted by molar-refractivity contribution is 6.31. The second-order valence-corrected chi connectivity index (χ2v) is 6.38. The molecule has 1 aliphatic rings. The molecule has 5 heteroatoms. The van der Waals surface area contributed by atoms with Crippen LogP contribution in [0.25, 0.3) is 0 Å². The zero-order chi connectivity index (χ0) is 15.2. The Hall–Kier alpha value is -1.52. The molecule has 0 saturated heterocycles. The topological polar surface area (TPSA) is 47.3 Å². The molecule has 4 nitrogen and oxygen atoms in total. The second kappa shape index (κ2) is 5.04. The standard InChI is InChI=1S/C16H19ClN2O2/c1-4-19-13(12(17)9-18-19)14(20)11-7-5-6-10-8-16(2,3)21-15(10)11/h5-7,9,14,20H,4,8H2,1-3H3. The molecule has 0 aliphatic carbocycles. The van der Waals surface area contributed by atoms with Crippen molar-refractivity contribution >= 4 is 11.6 Å². The number of para-hydroxylation sites is 1. The highest BCUT2D eigenvalue weighted by Gasteiger charge is 2.34. The van der Waals surface area contributed by atoms with Crippen LogP contribution in [0.3, 0.4) is 0 Å². The van der Waals surface area contributed by atoms with Gasteiger partial charge in [-0.05, 0) is 26.3 Å². The van der Waals surface area contributed by atoms with E-state index in [1.54, 1.807) is 10.9 Å². The van der Waals surface area contributed by atoms with Crippen LogP contribution < -0.4 is 4.74 Å². The number of aromatic nitrogens is 2. The molecule has 0 radical (unpaired) electrons. The molecule has 3 rings (SSSR count). The molecule has 0 fully saturated rings. The van der Waals surface area contributed by atoms with Gasteiger partial charge in [0.2, 0.25) is 0 Å². The fourth-order valence-electron chi connectivity index (χ4n) is 2.90. The van der Waals surface area contributed by atoms with Crippen LogP contribution in [0.15, 0.2) is 24.4 Å². The molecule has 21 heavy (non-hydrogen) atoms. The first-order valence-corrected chi connectivity index (χ1v) is 7.51. The number of aliphatic hydroxyl groups excluding tert-OH is 1. The SMILES string of the molecule is CCn1ncc(Cl)c1C(O)c1cccc2c1OC(C)(C)C2. The third-order valence-electron chi connectivity index (χ3n) is 3.81. The van der Waals surface area contributed by atoms with E-state index in [2.05, 4.69) is 5.10 Å². The van der Waals surface area contributed by atoms with E-state index in [1.165, 1.54) is 0 Å². The van der Waals surface area contributed by atoms with Gasteiger partial charge >= 0.3 is 0 Å². The minimum Gasteiger partial charge on any atom is -0.487 e. The van der Waals surface area contributed by atoms with Crippen molar-refractivity contribution in [2.45, 2.75) is 45.4 Å². The Bertz CT molecular complexity index is 679. The number of hydrogen-bond donors (Lipinski definition) is 1. The molecule has 1 aromatic heterocycles. The Morgan fingerprint density at radius 3 is 2.95 bits per heavy atom. The molecule has 2 heterocycles. The van der Waals surface area contributed by atoms with Gasteiger partial charge in [-0.1, -0.05) is 29.8 Å². The number of fused-ring (bicyclic) bond motifs is 1. The maximum Gasteiger partial charge on any atom is 0.129 e. The normalized spacial score (nSPS) is 17.4. The van der Waals surface area contributed by atoms with Gasteiger partial charge in [0.1, 0.15) is 17.5 Å². The summed E-state index contributed by atoms with van der Waals surface area (Å²) in [5.74, 6) is 0.773. The maximum atomic E-state index is 10.8. The number of benzene rings is 1. The number of nitrogens with zero attached hydrogens (tertiary/aromatic N) is 2. The summed E-state index contributed by atoms with van der Waals surface area (Å²) in [6.45, 7) is 6.72. The van der Waals surface area contributed by atoms with Crippen LogP contribution in [-0.2, 0) is 13.0 Å². The van der Waals surface area contributed by atoms with Gasteiger partial charge in [-0.3, -0.25) is 4.68 Å². The fourth-order valence-corrected chi connectivity index (χ4v) is 3.14. The molecule has 0 amide bonds. The smallest absolute Gasteiger partial charge is 0.129 e. The average molecular weight is 307 g/mol. The lowest BCUT2D eigenvalue weighted by molar-refractivity contribution is 0.130. The number of aryl methyl sites for hydroxylation is 1. The second-order valence-electron chi connectivity index (χ2n) is 5.97. The zero-order valence-electron chi connectivity index (χ0n) is 12.4. The predicted octanol–water partition coefficient (Wildman–Crippen LogP) is 3.35. The highest BCUT2D eigenvalue weighted by Crippen LogP contribution is 2.42. The third kappa shape index (κ3) is 2.43. The predicted molar refractivity (Wildman–Crippen MR) is 81.8 cm³/mol. The Morgan fingerprint density at radius 2 is 2.24 bits per heavy atom. The third-order valence-corrected chi connectivity index (χ3v) is 4.10. The van der Waals surface area contributed by atoms with Gasteiger partial charge in [0, 0.05) is 18.5 Å². The fraction of sp³-hybridized carbons (Fsp3) is 0.438. The molecule has 1 N–H and O–H groups in total. The van der Waals surface area contributed by atoms with Crippen molar-refractivity contribution < 1.29 is 9.84 Å². The molecule has 2 aromatic rings. The van der Waals surface area contributed by atoms with E-state index in [1.807, 2.05) is 39.0 Å². The van der Waals surface area contributed by atoms with Crippen LogP contribution in [-0.4, -0.2) is 20.5 Å². The number of rotatable bonds is 3. The summed E-state index contributed by atoms with van der Waals surface area (Å²) in [5.41, 5.74) is 2.23. The van der Waals surface area contributed by atoms with E-state index in [0.29, 0.717) is 17.3 Å². The summed E-state index contributed by atoms with van der Waals surface area (Å²) < 4.78 is 7.74. The van der Waals surface area contributed by atoms with Gasteiger partial charge in [-0.2, -0.15) is 5.10 Å². The lowest BCUT2D eigenvalue weighted by Gasteiger charge is -2.20. The Morgan fingerprint density at radius 1 is 1.48 bits per heavy atom. The first-order valence-electron chi connectivity index (χ1n) is 7.13. The van der Waals surface area contributed by atoms with E-state index in [-0.39, 0.29) is 5.60 Å². The molecule has 112 valence electrons. The molecule has 1 aliphatic heterocycles. The van der Waals surface area contributed by atoms with Gasteiger partial charge in [-0.15, -0.1) is 0 Å². The largest absolute Gasteiger partial charge is 0.487 e. The summed E-state index contributed by atoms with van der Waals surface area (Å²) in [6, 6.07) is 5.87. The number of ether oxygens (including phenoxy) is 1. The van der Waals surface area contributed by atoms with E-state index >= 15 is 0 Å². The summed E-state index contributed by atoms with van der Waals surface area (Å²) in [7, 11) is 0. The van der Waals surface area contributed by atoms with Gasteiger partial charge in [0.05, 0.1) is 16.9 Å². The molecule has 0 bridgehead atoms. The Labute approximate surface area is 129 Å². The highest BCUT2D eigenvalue weighted by atomic mass is 35.5. The molecule has 1 aromatic carbocycles. The van der Waals surface area contributed by atoms with Gasteiger partial charge < -0.3 is 9.84 Å². The van der Waals surface area contributed by atoms with Crippen molar-refractivity contribution in [1.29, 1.82) is 0 Å². The van der Waals surface area contributed by atoms with Crippen LogP contribution in [0.2, 0.25) is 5.02 Å². The molecular weight excluding hydrogens is 288 g/mol. The van der Waals surface area contributed by atoms with E-state index in [9.17, 15) is 5.11 Å². The summed E-state index contributed by atoms with van der Waals surface area (Å²) in [5, 5.41) is 15.4. The maximum absolute atomic E-state index is 10.8. The van der Waals surface area contributed by atoms with Crippen molar-refractivity contribution in [3.8, 4) is 5.75 Å². The molecular formula is C16H19ClN2O2. The minimum atomic E-state index is -0.844. The van der Waals surface area contributed by atoms with Crippen molar-refractivity contribution in [1.82, 2.24) is 9.78 Å². The van der Waals surface area contributed by atoms with Crippen molar-refractivity contribution in [3.05, 3.63) is 46.2 Å². The monoisotopic (exact) mass is 306 g/mol. The van der Waals surface area contributed by atoms with Crippen molar-refractivity contribution in [3.63, 3.8) is 0 Å². The van der Waals surface area contributed by atoms with E-state index < -0.39 is 6.10 Å². The Balaban J connectivity index is 2.06. The lowest BCUT2D eigenvalue weighted by atomic mass is 9.98. The van der Waals surface area contributed by atoms with Crippen LogP contribution in [0.1, 0.15) is 43.7 Å². The van der Waals surface area contributed by atoms with Gasteiger partial charge in [0.25, 0.3) is 0 Å². The number of halogens is 1. The van der Waals surface area contributed by atoms with Gasteiger partial charge in [-0.25, -0.2) is 0 Å². The quantitative estimate of drug-likeness (QED) is 0.946. The van der Waals surface area contributed by atoms with Crippen LogP contribution in [0.4, 0.5) is 0 Å². The van der Waals surface area contributed by atoms with E-state index in [0.717, 1.165) is 23.3 Å². The molecule has 0 saturated carbocycles.